The van der Waals surface area contributed by atoms with Crippen LogP contribution >= 0.6 is 15.9 Å². The Kier molecular flexibility index (Phi) is 3.99. The van der Waals surface area contributed by atoms with Gasteiger partial charge in [-0.15, -0.1) is 0 Å². The molecule has 0 amide bonds. The summed E-state index contributed by atoms with van der Waals surface area (Å²) < 4.78 is 10.6. The second kappa shape index (κ2) is 5.70. The first-order valence-corrected chi connectivity index (χ1v) is 6.05. The van der Waals surface area contributed by atoms with E-state index in [0.717, 1.165) is 0 Å². The molecule has 0 aliphatic carbocycles. The number of benzene rings is 1. The molecule has 0 unspecified atom stereocenters. The number of nitro groups is 1. The van der Waals surface area contributed by atoms with Crippen molar-refractivity contribution in [3.05, 3.63) is 49.5 Å². The quantitative estimate of drug-likeness (QED) is 0.674. The number of nitrogens with one attached hydrogen (secondary N) is 1. The van der Waals surface area contributed by atoms with Crippen LogP contribution in [0.25, 0.3) is 0 Å². The largest absolute Gasteiger partial charge is 0.493 e. The number of methoxy groups -OCH3 is 1. The Hall–Kier alpha value is -2.42. The van der Waals surface area contributed by atoms with Crippen molar-refractivity contribution in [2.45, 2.75) is 0 Å². The van der Waals surface area contributed by atoms with Crippen LogP contribution in [0.3, 0.4) is 0 Å². The highest BCUT2D eigenvalue weighted by atomic mass is 79.9. The Morgan fingerprint density at radius 3 is 2.80 bits per heavy atom. The zero-order valence-corrected chi connectivity index (χ0v) is 11.7. The number of nitro benzene ring substituents is 1. The maximum absolute atomic E-state index is 11.4. The van der Waals surface area contributed by atoms with Gasteiger partial charge in [0.25, 0.3) is 11.2 Å². The Labute approximate surface area is 120 Å². The fraction of sp³-hybridized carbons (Fsp3) is 0.0909. The van der Waals surface area contributed by atoms with Crippen LogP contribution < -0.4 is 15.0 Å². The van der Waals surface area contributed by atoms with Gasteiger partial charge in [0.15, 0.2) is 11.5 Å². The van der Waals surface area contributed by atoms with E-state index in [2.05, 4.69) is 25.9 Å². The summed E-state index contributed by atoms with van der Waals surface area (Å²) in [5.74, 6) is 0.394. The highest BCUT2D eigenvalue weighted by Crippen LogP contribution is 2.35. The molecule has 0 radical (unpaired) electrons. The van der Waals surface area contributed by atoms with Gasteiger partial charge in [-0.2, -0.15) is 0 Å². The predicted molar refractivity (Wildman–Crippen MR) is 72.3 cm³/mol. The second-order valence-electron chi connectivity index (χ2n) is 3.55. The molecule has 1 aromatic carbocycles. The lowest BCUT2D eigenvalue weighted by Gasteiger charge is -2.09. The molecule has 0 bridgehead atoms. The summed E-state index contributed by atoms with van der Waals surface area (Å²) in [7, 11) is 1.35. The molecular formula is C11H8BrN3O5. The minimum atomic E-state index is -0.548. The lowest BCUT2D eigenvalue weighted by molar-refractivity contribution is -0.384. The van der Waals surface area contributed by atoms with Crippen molar-refractivity contribution in [2.24, 2.45) is 0 Å². The van der Waals surface area contributed by atoms with Crippen LogP contribution in [0.5, 0.6) is 17.4 Å². The molecule has 104 valence electrons. The molecule has 0 atom stereocenters. The minimum absolute atomic E-state index is 0.0286. The van der Waals surface area contributed by atoms with E-state index in [1.165, 1.54) is 31.6 Å². The van der Waals surface area contributed by atoms with Gasteiger partial charge >= 0.3 is 0 Å². The van der Waals surface area contributed by atoms with Gasteiger partial charge in [0, 0.05) is 6.07 Å². The first-order valence-electron chi connectivity index (χ1n) is 5.26. The van der Waals surface area contributed by atoms with Crippen molar-refractivity contribution < 1.29 is 14.4 Å². The number of H-pyrrole nitrogens is 1. The van der Waals surface area contributed by atoms with Crippen molar-refractivity contribution in [1.82, 2.24) is 9.97 Å². The molecule has 0 fully saturated rings. The second-order valence-corrected chi connectivity index (χ2v) is 4.34. The monoisotopic (exact) mass is 341 g/mol. The number of ether oxygens (including phenoxy) is 2. The van der Waals surface area contributed by atoms with Crippen LogP contribution in [0, 0.1) is 10.1 Å². The first-order chi connectivity index (χ1) is 9.52. The molecule has 1 N–H and O–H groups in total. The Morgan fingerprint density at radius 1 is 1.40 bits per heavy atom. The standard InChI is InChI=1S/C11H8BrN3O5/c1-19-8-4-6(15(17)18)2-3-7(8)20-11-9(12)10(16)13-5-14-11/h2-5H,1H3,(H,13,14,16). The van der Waals surface area contributed by atoms with Crippen LogP contribution in [0.2, 0.25) is 0 Å². The van der Waals surface area contributed by atoms with Crippen molar-refractivity contribution >= 4 is 21.6 Å². The van der Waals surface area contributed by atoms with Crippen LogP contribution in [0.1, 0.15) is 0 Å². The minimum Gasteiger partial charge on any atom is -0.493 e. The predicted octanol–water partition coefficient (Wildman–Crippen LogP) is 2.24. The van der Waals surface area contributed by atoms with E-state index in [9.17, 15) is 14.9 Å². The van der Waals surface area contributed by atoms with E-state index in [0.29, 0.717) is 0 Å². The third-order valence-corrected chi connectivity index (χ3v) is 3.03. The van der Waals surface area contributed by atoms with E-state index >= 15 is 0 Å². The lowest BCUT2D eigenvalue weighted by Crippen LogP contribution is -2.08. The number of halogens is 1. The molecule has 2 aromatic rings. The molecule has 2 rings (SSSR count). The molecule has 1 heterocycles. The van der Waals surface area contributed by atoms with E-state index in [1.54, 1.807) is 0 Å². The number of aromatic amines is 1. The highest BCUT2D eigenvalue weighted by Gasteiger charge is 2.15. The van der Waals surface area contributed by atoms with E-state index in [4.69, 9.17) is 9.47 Å². The van der Waals surface area contributed by atoms with E-state index in [-0.39, 0.29) is 27.5 Å². The summed E-state index contributed by atoms with van der Waals surface area (Å²) in [5.41, 5.74) is -0.539. The number of nitrogens with zero attached hydrogens (tertiary/aromatic N) is 2. The molecular weight excluding hydrogens is 334 g/mol. The summed E-state index contributed by atoms with van der Waals surface area (Å²) in [6.45, 7) is 0. The lowest BCUT2D eigenvalue weighted by atomic mass is 10.3. The molecule has 8 nitrogen and oxygen atoms in total. The van der Waals surface area contributed by atoms with Crippen molar-refractivity contribution in [2.75, 3.05) is 7.11 Å². The molecule has 0 aliphatic rings. The molecule has 0 aliphatic heterocycles. The maximum Gasteiger partial charge on any atom is 0.273 e. The summed E-state index contributed by atoms with van der Waals surface area (Å²) in [6.07, 6.45) is 1.18. The van der Waals surface area contributed by atoms with Gasteiger partial charge in [-0.1, -0.05) is 0 Å². The number of hydrogen-bond donors (Lipinski definition) is 1. The van der Waals surface area contributed by atoms with E-state index in [1.807, 2.05) is 0 Å². The van der Waals surface area contributed by atoms with Crippen molar-refractivity contribution in [1.29, 1.82) is 0 Å². The fourth-order valence-electron chi connectivity index (χ4n) is 1.40. The third kappa shape index (κ3) is 2.77. The number of hydrogen-bond acceptors (Lipinski definition) is 6. The number of non-ortho nitro benzene ring substituents is 1. The van der Waals surface area contributed by atoms with Crippen LogP contribution in [0.4, 0.5) is 5.69 Å². The molecule has 0 saturated heterocycles. The summed E-state index contributed by atoms with van der Waals surface area (Å²) in [6, 6.07) is 3.85. The van der Waals surface area contributed by atoms with Crippen LogP contribution in [-0.2, 0) is 0 Å². The normalized spacial score (nSPS) is 10.1. The first kappa shape index (κ1) is 14.0. The third-order valence-electron chi connectivity index (χ3n) is 2.33. The Balaban J connectivity index is 2.41. The molecule has 9 heteroatoms. The summed E-state index contributed by atoms with van der Waals surface area (Å²) >= 11 is 3.04. The van der Waals surface area contributed by atoms with Gasteiger partial charge in [0.1, 0.15) is 4.47 Å². The van der Waals surface area contributed by atoms with Gasteiger partial charge in [0.2, 0.25) is 5.88 Å². The Morgan fingerprint density at radius 2 is 2.15 bits per heavy atom. The number of rotatable bonds is 4. The maximum atomic E-state index is 11.4. The van der Waals surface area contributed by atoms with Crippen molar-refractivity contribution in [3.63, 3.8) is 0 Å². The molecule has 0 saturated carbocycles. The highest BCUT2D eigenvalue weighted by molar-refractivity contribution is 9.10. The van der Waals surface area contributed by atoms with Crippen LogP contribution in [-0.4, -0.2) is 22.0 Å². The van der Waals surface area contributed by atoms with Gasteiger partial charge < -0.3 is 14.5 Å². The average molecular weight is 342 g/mol. The summed E-state index contributed by atoms with van der Waals surface area (Å²) in [5, 5.41) is 10.7. The topological polar surface area (TPSA) is 107 Å². The summed E-state index contributed by atoms with van der Waals surface area (Å²) in [4.78, 5) is 27.7. The SMILES string of the molecule is COc1cc([N+](=O)[O-])ccc1Oc1nc[nH]c(=O)c1Br. The smallest absolute Gasteiger partial charge is 0.273 e. The zero-order chi connectivity index (χ0) is 14.7. The van der Waals surface area contributed by atoms with Gasteiger partial charge in [0.05, 0.1) is 24.4 Å². The van der Waals surface area contributed by atoms with Gasteiger partial charge in [-0.25, -0.2) is 4.98 Å². The van der Waals surface area contributed by atoms with Gasteiger partial charge in [-0.05, 0) is 22.0 Å². The van der Waals surface area contributed by atoms with E-state index < -0.39 is 10.5 Å². The zero-order valence-electron chi connectivity index (χ0n) is 10.1. The average Bonchev–Trinajstić information content (AvgIpc) is 2.44. The fourth-order valence-corrected chi connectivity index (χ4v) is 1.69. The number of aromatic nitrogens is 2. The molecule has 20 heavy (non-hydrogen) atoms. The molecule has 1 aromatic heterocycles. The van der Waals surface area contributed by atoms with Gasteiger partial charge in [-0.3, -0.25) is 14.9 Å². The molecule has 0 spiro atoms. The van der Waals surface area contributed by atoms with Crippen LogP contribution in [0.15, 0.2) is 33.8 Å². The Bertz CT molecular complexity index is 715. The van der Waals surface area contributed by atoms with Crippen molar-refractivity contribution in [3.8, 4) is 17.4 Å².